The van der Waals surface area contributed by atoms with E-state index in [4.69, 9.17) is 22.0 Å². The summed E-state index contributed by atoms with van der Waals surface area (Å²) in [6, 6.07) is 6.79. The lowest BCUT2D eigenvalue weighted by molar-refractivity contribution is 0.282. The van der Waals surface area contributed by atoms with E-state index >= 15 is 0 Å². The standard InChI is InChI=1S/C8H6ClNO/c9-8-2-1-6(5-11)3-7(8)4-10/h1-3,11H,5H2. The van der Waals surface area contributed by atoms with Crippen LogP contribution in [0.5, 0.6) is 0 Å². The summed E-state index contributed by atoms with van der Waals surface area (Å²) in [5.74, 6) is 0. The van der Waals surface area contributed by atoms with Gasteiger partial charge >= 0.3 is 0 Å². The summed E-state index contributed by atoms with van der Waals surface area (Å²) in [6.07, 6.45) is 0. The molecule has 0 unspecified atom stereocenters. The van der Waals surface area contributed by atoms with E-state index in [2.05, 4.69) is 0 Å². The van der Waals surface area contributed by atoms with Gasteiger partial charge in [-0.15, -0.1) is 0 Å². The molecular weight excluding hydrogens is 162 g/mol. The van der Waals surface area contributed by atoms with Gasteiger partial charge in [0, 0.05) is 0 Å². The Labute approximate surface area is 69.7 Å². The Morgan fingerprint density at radius 2 is 2.27 bits per heavy atom. The molecule has 0 aliphatic heterocycles. The van der Waals surface area contributed by atoms with Crippen molar-refractivity contribution in [2.75, 3.05) is 0 Å². The van der Waals surface area contributed by atoms with E-state index in [-0.39, 0.29) is 6.61 Å². The van der Waals surface area contributed by atoms with E-state index in [1.807, 2.05) is 6.07 Å². The van der Waals surface area contributed by atoms with Gasteiger partial charge in [-0.3, -0.25) is 0 Å². The molecule has 2 nitrogen and oxygen atoms in total. The number of hydrogen-bond donors (Lipinski definition) is 1. The van der Waals surface area contributed by atoms with Crippen molar-refractivity contribution in [3.8, 4) is 6.07 Å². The molecule has 0 spiro atoms. The van der Waals surface area contributed by atoms with Crippen LogP contribution in [0.2, 0.25) is 5.02 Å². The van der Waals surface area contributed by atoms with Crippen LogP contribution in [0.25, 0.3) is 0 Å². The van der Waals surface area contributed by atoms with E-state index in [0.717, 1.165) is 0 Å². The summed E-state index contributed by atoms with van der Waals surface area (Å²) in [5, 5.41) is 17.6. The molecule has 0 heterocycles. The maximum atomic E-state index is 8.70. The second kappa shape index (κ2) is 3.38. The van der Waals surface area contributed by atoms with Crippen molar-refractivity contribution in [1.29, 1.82) is 5.26 Å². The van der Waals surface area contributed by atoms with Crippen molar-refractivity contribution in [2.24, 2.45) is 0 Å². The van der Waals surface area contributed by atoms with Crippen LogP contribution in [0, 0.1) is 11.3 Å². The van der Waals surface area contributed by atoms with Gasteiger partial charge in [0.15, 0.2) is 0 Å². The molecule has 0 radical (unpaired) electrons. The zero-order chi connectivity index (χ0) is 8.27. The van der Waals surface area contributed by atoms with Crippen LogP contribution in [0.15, 0.2) is 18.2 Å². The first kappa shape index (κ1) is 8.06. The largest absolute Gasteiger partial charge is 0.392 e. The monoisotopic (exact) mass is 167 g/mol. The van der Waals surface area contributed by atoms with Crippen LogP contribution in [0.3, 0.4) is 0 Å². The van der Waals surface area contributed by atoms with E-state index in [9.17, 15) is 0 Å². The molecule has 11 heavy (non-hydrogen) atoms. The highest BCUT2D eigenvalue weighted by Gasteiger charge is 1.98. The van der Waals surface area contributed by atoms with Crippen molar-refractivity contribution in [3.05, 3.63) is 34.3 Å². The van der Waals surface area contributed by atoms with Crippen LogP contribution in [-0.2, 0) is 6.61 Å². The molecule has 0 aromatic heterocycles. The summed E-state index contributed by atoms with van der Waals surface area (Å²) in [4.78, 5) is 0. The quantitative estimate of drug-likeness (QED) is 0.692. The summed E-state index contributed by atoms with van der Waals surface area (Å²) in [5.41, 5.74) is 1.10. The Balaban J connectivity index is 3.15. The van der Waals surface area contributed by atoms with Gasteiger partial charge in [0.2, 0.25) is 0 Å². The Bertz CT molecular complexity index is 303. The normalized spacial score (nSPS) is 9.18. The highest BCUT2D eigenvalue weighted by Crippen LogP contribution is 2.16. The number of rotatable bonds is 1. The Morgan fingerprint density at radius 3 is 2.82 bits per heavy atom. The highest BCUT2D eigenvalue weighted by atomic mass is 35.5. The first-order valence-corrected chi connectivity index (χ1v) is 3.45. The fourth-order valence-electron chi connectivity index (χ4n) is 0.756. The number of nitrogens with zero attached hydrogens (tertiary/aromatic N) is 1. The Kier molecular flexibility index (Phi) is 2.48. The average Bonchev–Trinajstić information content (AvgIpc) is 2.05. The third-order valence-corrected chi connectivity index (χ3v) is 1.66. The summed E-state index contributed by atoms with van der Waals surface area (Å²) in [7, 11) is 0. The molecular formula is C8H6ClNO. The molecule has 0 atom stereocenters. The van der Waals surface area contributed by atoms with Crippen LogP contribution in [-0.4, -0.2) is 5.11 Å². The van der Waals surface area contributed by atoms with E-state index in [0.29, 0.717) is 16.1 Å². The molecule has 0 saturated heterocycles. The highest BCUT2D eigenvalue weighted by molar-refractivity contribution is 6.31. The molecule has 1 aromatic carbocycles. The van der Waals surface area contributed by atoms with E-state index < -0.39 is 0 Å². The first-order chi connectivity index (χ1) is 5.27. The number of aliphatic hydroxyl groups is 1. The number of nitriles is 1. The predicted octanol–water partition coefficient (Wildman–Crippen LogP) is 1.70. The topological polar surface area (TPSA) is 44.0 Å². The third kappa shape index (κ3) is 1.70. The maximum absolute atomic E-state index is 8.70. The van der Waals surface area contributed by atoms with E-state index in [1.165, 1.54) is 0 Å². The fourth-order valence-corrected chi connectivity index (χ4v) is 0.916. The van der Waals surface area contributed by atoms with Crippen LogP contribution >= 0.6 is 11.6 Å². The van der Waals surface area contributed by atoms with Crippen molar-refractivity contribution >= 4 is 11.6 Å². The van der Waals surface area contributed by atoms with Crippen molar-refractivity contribution < 1.29 is 5.11 Å². The minimum atomic E-state index is -0.0636. The third-order valence-electron chi connectivity index (χ3n) is 1.33. The predicted molar refractivity (Wildman–Crippen MR) is 42.1 cm³/mol. The van der Waals surface area contributed by atoms with Gasteiger partial charge in [0.05, 0.1) is 17.2 Å². The van der Waals surface area contributed by atoms with Crippen molar-refractivity contribution in [3.63, 3.8) is 0 Å². The number of halogens is 1. The lowest BCUT2D eigenvalue weighted by Gasteiger charge is -1.97. The molecule has 1 rings (SSSR count). The zero-order valence-corrected chi connectivity index (χ0v) is 6.47. The molecule has 56 valence electrons. The molecule has 1 aromatic rings. The van der Waals surface area contributed by atoms with Crippen molar-refractivity contribution in [2.45, 2.75) is 6.61 Å². The van der Waals surface area contributed by atoms with Crippen LogP contribution < -0.4 is 0 Å². The average molecular weight is 168 g/mol. The molecule has 1 N–H and O–H groups in total. The fraction of sp³-hybridized carbons (Fsp3) is 0.125. The van der Waals surface area contributed by atoms with Gasteiger partial charge in [0.25, 0.3) is 0 Å². The lowest BCUT2D eigenvalue weighted by Crippen LogP contribution is -1.84. The number of benzene rings is 1. The van der Waals surface area contributed by atoms with Gasteiger partial charge in [-0.2, -0.15) is 5.26 Å². The maximum Gasteiger partial charge on any atom is 0.101 e. The number of aliphatic hydroxyl groups excluding tert-OH is 1. The van der Waals surface area contributed by atoms with Gasteiger partial charge < -0.3 is 5.11 Å². The summed E-state index contributed by atoms with van der Waals surface area (Å²) in [6.45, 7) is -0.0636. The van der Waals surface area contributed by atoms with E-state index in [1.54, 1.807) is 18.2 Å². The summed E-state index contributed by atoms with van der Waals surface area (Å²) >= 11 is 5.65. The molecule has 0 saturated carbocycles. The van der Waals surface area contributed by atoms with Crippen LogP contribution in [0.1, 0.15) is 11.1 Å². The number of hydrogen-bond acceptors (Lipinski definition) is 2. The molecule has 3 heteroatoms. The SMILES string of the molecule is N#Cc1cc(CO)ccc1Cl. The lowest BCUT2D eigenvalue weighted by atomic mass is 10.1. The molecule has 0 aliphatic rings. The molecule has 0 fully saturated rings. The van der Waals surface area contributed by atoms with Gasteiger partial charge in [-0.25, -0.2) is 0 Å². The van der Waals surface area contributed by atoms with Crippen LogP contribution in [0.4, 0.5) is 0 Å². The second-order valence-electron chi connectivity index (χ2n) is 2.08. The Morgan fingerprint density at radius 1 is 1.55 bits per heavy atom. The molecule has 0 amide bonds. The van der Waals surface area contributed by atoms with Crippen molar-refractivity contribution in [1.82, 2.24) is 0 Å². The summed E-state index contributed by atoms with van der Waals surface area (Å²) < 4.78 is 0. The smallest absolute Gasteiger partial charge is 0.101 e. The molecule has 0 bridgehead atoms. The van der Waals surface area contributed by atoms with Gasteiger partial charge in [-0.1, -0.05) is 17.7 Å². The first-order valence-electron chi connectivity index (χ1n) is 3.07. The minimum absolute atomic E-state index is 0.0636. The second-order valence-corrected chi connectivity index (χ2v) is 2.49. The Hall–Kier alpha value is -1.04. The zero-order valence-electron chi connectivity index (χ0n) is 5.71. The van der Waals surface area contributed by atoms with Gasteiger partial charge in [0.1, 0.15) is 6.07 Å². The molecule has 0 aliphatic carbocycles. The minimum Gasteiger partial charge on any atom is -0.392 e. The van der Waals surface area contributed by atoms with Gasteiger partial charge in [-0.05, 0) is 17.7 Å².